The number of hydrogen-bond donors (Lipinski definition) is 0. The van der Waals surface area contributed by atoms with Crippen molar-refractivity contribution in [2.24, 2.45) is 0 Å². The molecule has 3 aromatic rings. The van der Waals surface area contributed by atoms with Crippen LogP contribution in [0.5, 0.6) is 5.88 Å². The highest BCUT2D eigenvalue weighted by Crippen LogP contribution is 2.25. The fourth-order valence-corrected chi connectivity index (χ4v) is 2.21. The Labute approximate surface area is 141 Å². The summed E-state index contributed by atoms with van der Waals surface area (Å²) >= 11 is 0. The molecule has 0 unspecified atom stereocenters. The summed E-state index contributed by atoms with van der Waals surface area (Å²) in [5, 5.41) is 0. The molecule has 7 heteroatoms. The van der Waals surface area contributed by atoms with Crippen LogP contribution in [0.3, 0.4) is 0 Å². The van der Waals surface area contributed by atoms with Crippen LogP contribution >= 0.6 is 0 Å². The van der Waals surface area contributed by atoms with Gasteiger partial charge in [-0.1, -0.05) is 0 Å². The van der Waals surface area contributed by atoms with E-state index in [9.17, 15) is 0 Å². The third-order valence-electron chi connectivity index (χ3n) is 3.32. The number of nitrogens with zero attached hydrogens (tertiary/aromatic N) is 4. The van der Waals surface area contributed by atoms with Gasteiger partial charge in [0.25, 0.3) is 11.5 Å². The molecule has 0 spiro atoms. The Bertz CT molecular complexity index is 792. The minimum absolute atomic E-state index is 0. The average molecular weight is 332 g/mol. The molecule has 2 heterocycles. The van der Waals surface area contributed by atoms with E-state index in [0.29, 0.717) is 23.7 Å². The molecule has 0 atom stereocenters. The maximum Gasteiger partial charge on any atom is 0.289 e. The first kappa shape index (κ1) is 16.9. The van der Waals surface area contributed by atoms with Gasteiger partial charge in [0.1, 0.15) is 0 Å². The molecule has 1 aromatic carbocycles. The highest BCUT2D eigenvalue weighted by molar-refractivity contribution is 5.85. The van der Waals surface area contributed by atoms with Gasteiger partial charge in [0.2, 0.25) is 6.33 Å². The number of fused-ring (bicyclic) bond motifs is 1. The largest absolute Gasteiger partial charge is 1.00 e. The standard InChI is InChI=1S/C16H17N5O.ClH/c1-4-22-13-9-17-16-15(20-13)14(18-10-19-16)11-5-7-12(8-6-11)21(2)3;/h5-10H,4H2,1-3H3;1H. The molecule has 120 valence electrons. The minimum atomic E-state index is 0. The van der Waals surface area contributed by atoms with E-state index in [1.165, 1.54) is 0 Å². The number of anilines is 1. The van der Waals surface area contributed by atoms with E-state index >= 15 is 0 Å². The molecule has 1 N–H and O–H groups in total. The lowest BCUT2D eigenvalue weighted by Crippen LogP contribution is -3.00. The van der Waals surface area contributed by atoms with E-state index in [2.05, 4.69) is 37.0 Å². The zero-order chi connectivity index (χ0) is 15.5. The number of benzene rings is 1. The second-order valence-corrected chi connectivity index (χ2v) is 5.03. The summed E-state index contributed by atoms with van der Waals surface area (Å²) < 4.78 is 5.43. The molecule has 6 nitrogen and oxygen atoms in total. The van der Waals surface area contributed by atoms with E-state index in [-0.39, 0.29) is 12.4 Å². The molecule has 0 aliphatic rings. The smallest absolute Gasteiger partial charge is 0.289 e. The maximum atomic E-state index is 5.43. The number of H-pyrrole nitrogens is 1. The summed E-state index contributed by atoms with van der Waals surface area (Å²) in [5.41, 5.74) is 4.30. The van der Waals surface area contributed by atoms with Gasteiger partial charge in [-0.15, -0.1) is 9.97 Å². The molecule has 0 saturated heterocycles. The Kier molecular flexibility index (Phi) is 5.28. The van der Waals surface area contributed by atoms with Crippen LogP contribution in [0.2, 0.25) is 0 Å². The molecule has 2 aromatic heterocycles. The van der Waals surface area contributed by atoms with Crippen LogP contribution in [-0.4, -0.2) is 35.7 Å². The summed E-state index contributed by atoms with van der Waals surface area (Å²) in [5.74, 6) is 0.502. The fraction of sp³-hybridized carbons (Fsp3) is 0.250. The number of rotatable bonds is 4. The Balaban J connectivity index is 0.00000192. The van der Waals surface area contributed by atoms with Crippen LogP contribution in [0.1, 0.15) is 6.92 Å². The van der Waals surface area contributed by atoms with Gasteiger partial charge in [0, 0.05) is 25.3 Å². The summed E-state index contributed by atoms with van der Waals surface area (Å²) in [6, 6.07) is 8.18. The third-order valence-corrected chi connectivity index (χ3v) is 3.32. The number of nitrogens with one attached hydrogen (secondary N) is 1. The number of halogens is 1. The van der Waals surface area contributed by atoms with Crippen LogP contribution < -0.4 is 27.0 Å². The lowest BCUT2D eigenvalue weighted by atomic mass is 10.1. The first-order valence-electron chi connectivity index (χ1n) is 7.13. The second-order valence-electron chi connectivity index (χ2n) is 5.03. The van der Waals surface area contributed by atoms with Crippen molar-refractivity contribution in [3.8, 4) is 17.1 Å². The van der Waals surface area contributed by atoms with Crippen molar-refractivity contribution in [1.82, 2.24) is 15.0 Å². The molecule has 3 rings (SSSR count). The molecule has 0 bridgehead atoms. The summed E-state index contributed by atoms with van der Waals surface area (Å²) in [6.45, 7) is 2.47. The summed E-state index contributed by atoms with van der Waals surface area (Å²) in [6.07, 6.45) is 3.24. The minimum Gasteiger partial charge on any atom is -1.00 e. The molecular formula is C16H18ClN5O. The van der Waals surface area contributed by atoms with Gasteiger partial charge in [-0.3, -0.25) is 0 Å². The fourth-order valence-electron chi connectivity index (χ4n) is 2.21. The average Bonchev–Trinajstić information content (AvgIpc) is 2.54. The van der Waals surface area contributed by atoms with Crippen LogP contribution in [0.4, 0.5) is 5.69 Å². The zero-order valence-corrected chi connectivity index (χ0v) is 14.0. The predicted molar refractivity (Wildman–Crippen MR) is 84.8 cm³/mol. The van der Waals surface area contributed by atoms with Gasteiger partial charge >= 0.3 is 0 Å². The van der Waals surface area contributed by atoms with Crippen molar-refractivity contribution >= 4 is 16.9 Å². The second kappa shape index (κ2) is 7.19. The predicted octanol–water partition coefficient (Wildman–Crippen LogP) is -1.03. The normalized spacial score (nSPS) is 10.2. The van der Waals surface area contributed by atoms with E-state index < -0.39 is 0 Å². The molecule has 0 radical (unpaired) electrons. The monoisotopic (exact) mass is 331 g/mol. The molecule has 0 saturated carbocycles. The zero-order valence-electron chi connectivity index (χ0n) is 13.2. The Morgan fingerprint density at radius 3 is 2.52 bits per heavy atom. The van der Waals surface area contributed by atoms with E-state index in [0.717, 1.165) is 16.9 Å². The van der Waals surface area contributed by atoms with Crippen molar-refractivity contribution in [3.05, 3.63) is 36.8 Å². The van der Waals surface area contributed by atoms with Crippen molar-refractivity contribution in [3.63, 3.8) is 0 Å². The molecule has 0 fully saturated rings. The van der Waals surface area contributed by atoms with Gasteiger partial charge < -0.3 is 22.0 Å². The number of aromatic nitrogens is 4. The lowest BCUT2D eigenvalue weighted by Gasteiger charge is -2.12. The Morgan fingerprint density at radius 2 is 1.87 bits per heavy atom. The first-order valence-corrected chi connectivity index (χ1v) is 7.13. The van der Waals surface area contributed by atoms with Crippen molar-refractivity contribution in [1.29, 1.82) is 0 Å². The number of hydrogen-bond acceptors (Lipinski definition) is 5. The van der Waals surface area contributed by atoms with Gasteiger partial charge in [0.05, 0.1) is 6.61 Å². The SMILES string of the molecule is CCOc1cnc2[nH+]cnc(-c3ccc(N(C)C)cc3)c2n1.[Cl-]. The number of ether oxygens (including phenoxy) is 1. The third kappa shape index (κ3) is 3.48. The van der Waals surface area contributed by atoms with Gasteiger partial charge in [-0.05, 0) is 31.2 Å². The Morgan fingerprint density at radius 1 is 1.13 bits per heavy atom. The molecule has 0 amide bonds. The van der Waals surface area contributed by atoms with Gasteiger partial charge in [-0.2, -0.15) is 0 Å². The quantitative estimate of drug-likeness (QED) is 0.612. The lowest BCUT2D eigenvalue weighted by molar-refractivity contribution is -0.352. The highest BCUT2D eigenvalue weighted by atomic mass is 35.5. The van der Waals surface area contributed by atoms with Crippen molar-refractivity contribution in [2.45, 2.75) is 6.92 Å². The van der Waals surface area contributed by atoms with Crippen molar-refractivity contribution in [2.75, 3.05) is 25.6 Å². The summed E-state index contributed by atoms with van der Waals surface area (Å²) in [4.78, 5) is 18.3. The van der Waals surface area contributed by atoms with Gasteiger partial charge in [0.15, 0.2) is 17.4 Å². The van der Waals surface area contributed by atoms with Crippen molar-refractivity contribution < 1.29 is 22.1 Å². The van der Waals surface area contributed by atoms with Crippen LogP contribution in [-0.2, 0) is 0 Å². The van der Waals surface area contributed by atoms with E-state index in [1.54, 1.807) is 12.5 Å². The summed E-state index contributed by atoms with van der Waals surface area (Å²) in [7, 11) is 4.03. The molecular weight excluding hydrogens is 314 g/mol. The van der Waals surface area contributed by atoms with Gasteiger partial charge in [-0.25, -0.2) is 9.97 Å². The Hall–Kier alpha value is -2.47. The van der Waals surface area contributed by atoms with E-state index in [1.807, 2.05) is 33.2 Å². The maximum absolute atomic E-state index is 5.43. The molecule has 0 aliphatic carbocycles. The molecule has 23 heavy (non-hydrogen) atoms. The first-order chi connectivity index (χ1) is 10.7. The van der Waals surface area contributed by atoms with Crippen LogP contribution in [0.25, 0.3) is 22.4 Å². The van der Waals surface area contributed by atoms with Crippen LogP contribution in [0.15, 0.2) is 36.8 Å². The molecule has 0 aliphatic heterocycles. The number of aromatic amines is 1. The topological polar surface area (TPSA) is 65.3 Å². The van der Waals surface area contributed by atoms with E-state index in [4.69, 9.17) is 4.74 Å². The highest BCUT2D eigenvalue weighted by Gasteiger charge is 2.15. The van der Waals surface area contributed by atoms with Crippen LogP contribution in [0, 0.1) is 0 Å².